The highest BCUT2D eigenvalue weighted by Crippen LogP contribution is 2.48. The maximum absolute atomic E-state index is 4.77. The molecular weight excluding hydrogens is 412 g/mol. The van der Waals surface area contributed by atoms with E-state index in [4.69, 9.17) is 5.10 Å². The van der Waals surface area contributed by atoms with Gasteiger partial charge in [-0.15, -0.1) is 0 Å². The molecule has 0 radical (unpaired) electrons. The third-order valence-corrected chi connectivity index (χ3v) is 6.89. The summed E-state index contributed by atoms with van der Waals surface area (Å²) in [6.45, 7) is 8.94. The van der Waals surface area contributed by atoms with Gasteiger partial charge in [0.25, 0.3) is 0 Å². The normalized spacial score (nSPS) is 13.0. The van der Waals surface area contributed by atoms with Crippen LogP contribution in [0.3, 0.4) is 0 Å². The minimum atomic E-state index is 0.212. The lowest BCUT2D eigenvalue weighted by Crippen LogP contribution is -2.05. The lowest BCUT2D eigenvalue weighted by atomic mass is 9.87. The summed E-state index contributed by atoms with van der Waals surface area (Å²) in [6.07, 6.45) is 1.99. The van der Waals surface area contributed by atoms with E-state index < -0.39 is 0 Å². The quantitative estimate of drug-likeness (QED) is 0.206. The van der Waals surface area contributed by atoms with Crippen LogP contribution in [0.25, 0.3) is 11.1 Å². The number of nitrogens with one attached hydrogen (secondary N) is 1. The van der Waals surface area contributed by atoms with Crippen molar-refractivity contribution in [3.05, 3.63) is 124 Å². The van der Waals surface area contributed by atoms with Gasteiger partial charge in [-0.1, -0.05) is 119 Å². The number of hydrogen-bond donors (Lipinski definition) is 1. The second-order valence-corrected chi connectivity index (χ2v) is 9.73. The van der Waals surface area contributed by atoms with E-state index in [9.17, 15) is 0 Å². The van der Waals surface area contributed by atoms with E-state index in [-0.39, 0.29) is 5.92 Å². The lowest BCUT2D eigenvalue weighted by Gasteiger charge is -2.19. The third-order valence-electron chi connectivity index (χ3n) is 6.89. The Balaban J connectivity index is 1.53. The van der Waals surface area contributed by atoms with Crippen LogP contribution in [-0.2, 0) is 0 Å². The van der Waals surface area contributed by atoms with E-state index in [0.29, 0.717) is 11.8 Å². The van der Waals surface area contributed by atoms with Crippen molar-refractivity contribution >= 4 is 11.9 Å². The Morgan fingerprint density at radius 2 is 1.12 bits per heavy atom. The zero-order valence-electron chi connectivity index (χ0n) is 20.4. The van der Waals surface area contributed by atoms with E-state index in [1.54, 1.807) is 0 Å². The smallest absolute Gasteiger partial charge is 0.0630 e. The number of nitrogens with zero attached hydrogens (tertiary/aromatic N) is 1. The van der Waals surface area contributed by atoms with Crippen LogP contribution in [0.2, 0.25) is 0 Å². The summed E-state index contributed by atoms with van der Waals surface area (Å²) in [5.41, 5.74) is 15.0. The van der Waals surface area contributed by atoms with Gasteiger partial charge >= 0.3 is 0 Å². The first-order valence-electron chi connectivity index (χ1n) is 12.2. The van der Waals surface area contributed by atoms with Crippen molar-refractivity contribution in [2.45, 2.75) is 45.4 Å². The van der Waals surface area contributed by atoms with Crippen LogP contribution in [-0.4, -0.2) is 6.21 Å². The van der Waals surface area contributed by atoms with Crippen molar-refractivity contribution in [1.82, 2.24) is 0 Å². The summed E-state index contributed by atoms with van der Waals surface area (Å²) in [5, 5.41) is 4.77. The SMILES string of the molecule is CC(C)c1cccc(C(C)C)c1NN=Cc1ccccc1C1c2ccccc2-c2ccccc21. The fraction of sp³-hybridized carbons (Fsp3) is 0.219. The number of hydrazone groups is 1. The number of rotatable bonds is 6. The van der Waals surface area contributed by atoms with E-state index in [0.717, 1.165) is 11.3 Å². The molecule has 0 bridgehead atoms. The summed E-state index contributed by atoms with van der Waals surface area (Å²) in [6, 6.07) is 32.8. The Labute approximate surface area is 203 Å². The van der Waals surface area contributed by atoms with Gasteiger partial charge in [-0.25, -0.2) is 0 Å². The van der Waals surface area contributed by atoms with Gasteiger partial charge in [-0.2, -0.15) is 5.10 Å². The first-order chi connectivity index (χ1) is 16.6. The Morgan fingerprint density at radius 1 is 0.618 bits per heavy atom. The standard InChI is InChI=1S/C32H32N2/c1-21(2)24-18-11-19-25(22(3)4)32(24)34-33-20-23-12-5-6-13-26(23)31-29-16-9-7-14-27(29)28-15-8-10-17-30(28)31/h5-22,31,34H,1-4H3. The summed E-state index contributed by atoms with van der Waals surface area (Å²) < 4.78 is 0. The van der Waals surface area contributed by atoms with Gasteiger partial charge in [0, 0.05) is 5.92 Å². The fourth-order valence-electron chi connectivity index (χ4n) is 5.23. The highest BCUT2D eigenvalue weighted by Gasteiger charge is 2.30. The Kier molecular flexibility index (Phi) is 6.06. The van der Waals surface area contributed by atoms with Crippen LogP contribution in [0.15, 0.2) is 96.1 Å². The van der Waals surface area contributed by atoms with Crippen molar-refractivity contribution < 1.29 is 0 Å². The molecule has 1 aliphatic rings. The highest BCUT2D eigenvalue weighted by molar-refractivity contribution is 5.87. The fourth-order valence-corrected chi connectivity index (χ4v) is 5.23. The van der Waals surface area contributed by atoms with Gasteiger partial charge in [-0.3, -0.25) is 5.43 Å². The number of benzene rings is 4. The van der Waals surface area contributed by atoms with Crippen LogP contribution in [0, 0.1) is 0 Å². The second kappa shape index (κ2) is 9.30. The summed E-state index contributed by atoms with van der Waals surface area (Å²) in [5.74, 6) is 1.06. The van der Waals surface area contributed by atoms with Gasteiger partial charge in [0.05, 0.1) is 11.9 Å². The molecule has 1 aliphatic carbocycles. The molecule has 0 aromatic heterocycles. The number of anilines is 1. The summed E-state index contributed by atoms with van der Waals surface area (Å²) in [7, 11) is 0. The summed E-state index contributed by atoms with van der Waals surface area (Å²) >= 11 is 0. The zero-order valence-corrected chi connectivity index (χ0v) is 20.4. The molecule has 4 aromatic rings. The lowest BCUT2D eigenvalue weighted by molar-refractivity contribution is 0.835. The second-order valence-electron chi connectivity index (χ2n) is 9.73. The molecule has 2 nitrogen and oxygen atoms in total. The highest BCUT2D eigenvalue weighted by atomic mass is 15.3. The van der Waals surface area contributed by atoms with Crippen molar-refractivity contribution in [1.29, 1.82) is 0 Å². The van der Waals surface area contributed by atoms with Crippen molar-refractivity contribution in [2.75, 3.05) is 5.43 Å². The zero-order chi connectivity index (χ0) is 23.7. The van der Waals surface area contributed by atoms with Gasteiger partial charge in [0.1, 0.15) is 0 Å². The van der Waals surface area contributed by atoms with E-state index in [1.165, 1.54) is 38.9 Å². The number of hydrogen-bond acceptors (Lipinski definition) is 2. The summed E-state index contributed by atoms with van der Waals surface area (Å²) in [4.78, 5) is 0. The Hall–Kier alpha value is -3.65. The molecule has 0 saturated carbocycles. The van der Waals surface area contributed by atoms with E-state index >= 15 is 0 Å². The van der Waals surface area contributed by atoms with Crippen LogP contribution in [0.4, 0.5) is 5.69 Å². The van der Waals surface area contributed by atoms with E-state index in [1.807, 2.05) is 6.21 Å². The van der Waals surface area contributed by atoms with Crippen LogP contribution in [0.5, 0.6) is 0 Å². The first-order valence-corrected chi connectivity index (χ1v) is 12.2. The molecule has 0 heterocycles. The molecular formula is C32H32N2. The van der Waals surface area contributed by atoms with Crippen LogP contribution in [0.1, 0.15) is 78.8 Å². The molecule has 1 N–H and O–H groups in total. The molecule has 0 spiro atoms. The van der Waals surface area contributed by atoms with Gasteiger partial charge < -0.3 is 0 Å². The molecule has 5 rings (SSSR count). The molecule has 34 heavy (non-hydrogen) atoms. The minimum absolute atomic E-state index is 0.212. The molecule has 2 heteroatoms. The van der Waals surface area contributed by atoms with Gasteiger partial charge in [-0.05, 0) is 56.3 Å². The molecule has 0 aliphatic heterocycles. The number of para-hydroxylation sites is 1. The topological polar surface area (TPSA) is 24.4 Å². The molecule has 0 atom stereocenters. The molecule has 0 amide bonds. The molecule has 170 valence electrons. The maximum atomic E-state index is 4.77. The van der Waals surface area contributed by atoms with Crippen molar-refractivity contribution in [3.63, 3.8) is 0 Å². The molecule has 0 fully saturated rings. The van der Waals surface area contributed by atoms with Crippen LogP contribution >= 0.6 is 0 Å². The number of fused-ring (bicyclic) bond motifs is 3. The monoisotopic (exact) mass is 444 g/mol. The average Bonchev–Trinajstić information content (AvgIpc) is 3.18. The maximum Gasteiger partial charge on any atom is 0.0630 e. The average molecular weight is 445 g/mol. The molecule has 0 unspecified atom stereocenters. The van der Waals surface area contributed by atoms with Gasteiger partial charge in [0.2, 0.25) is 0 Å². The van der Waals surface area contributed by atoms with Crippen molar-refractivity contribution in [3.8, 4) is 11.1 Å². The molecule has 4 aromatic carbocycles. The largest absolute Gasteiger partial charge is 0.278 e. The van der Waals surface area contributed by atoms with Gasteiger partial charge in [0.15, 0.2) is 0 Å². The predicted molar refractivity (Wildman–Crippen MR) is 145 cm³/mol. The predicted octanol–water partition coefficient (Wildman–Crippen LogP) is 8.54. The molecule has 0 saturated heterocycles. The first kappa shape index (κ1) is 22.2. The minimum Gasteiger partial charge on any atom is -0.278 e. The Morgan fingerprint density at radius 3 is 1.68 bits per heavy atom. The Bertz CT molecular complexity index is 1270. The van der Waals surface area contributed by atoms with Crippen molar-refractivity contribution in [2.24, 2.45) is 5.10 Å². The van der Waals surface area contributed by atoms with Crippen LogP contribution < -0.4 is 5.43 Å². The van der Waals surface area contributed by atoms with E-state index in [2.05, 4.69) is 124 Å². The third kappa shape index (κ3) is 3.94.